The second-order valence-electron chi connectivity index (χ2n) is 8.25. The molecule has 4 rings (SSSR count). The van der Waals surface area contributed by atoms with Gasteiger partial charge in [0.25, 0.3) is 0 Å². The number of carbonyl (C=O) groups is 1. The highest BCUT2D eigenvalue weighted by atomic mass is 16.7. The number of rotatable bonds is 5. The van der Waals surface area contributed by atoms with Gasteiger partial charge in [-0.05, 0) is 25.1 Å². The van der Waals surface area contributed by atoms with Gasteiger partial charge in [-0.25, -0.2) is 0 Å². The number of aromatic hydroxyl groups is 4. The third kappa shape index (κ3) is 4.29. The molecule has 0 saturated carbocycles. The average Bonchev–Trinajstić information content (AvgIpc) is 2.81. The number of Topliss-reactive ketones (excluding diaryl/α,β-unsaturated/α-hetero) is 1. The van der Waals surface area contributed by atoms with Crippen molar-refractivity contribution in [1.82, 2.24) is 0 Å². The van der Waals surface area contributed by atoms with Gasteiger partial charge in [0.1, 0.15) is 53.0 Å². The van der Waals surface area contributed by atoms with E-state index in [0.717, 1.165) is 31.2 Å². The van der Waals surface area contributed by atoms with Crippen molar-refractivity contribution in [2.45, 2.75) is 43.7 Å². The number of aliphatic hydroxyl groups is 4. The summed E-state index contributed by atoms with van der Waals surface area (Å²) in [6.45, 7) is 1.000. The fourth-order valence-corrected chi connectivity index (χ4v) is 3.81. The first kappa shape index (κ1) is 25.2. The minimum absolute atomic E-state index is 0.0339. The van der Waals surface area contributed by atoms with Gasteiger partial charge in [0, 0.05) is 17.7 Å². The van der Waals surface area contributed by atoms with Crippen LogP contribution in [0.3, 0.4) is 0 Å². The lowest BCUT2D eigenvalue weighted by Gasteiger charge is -2.41. The Morgan fingerprint density at radius 1 is 0.944 bits per heavy atom. The summed E-state index contributed by atoms with van der Waals surface area (Å²) in [7, 11) is 0. The maximum Gasteiger partial charge on any atom is 0.239 e. The monoisotopic (exact) mass is 506 g/mol. The lowest BCUT2D eigenvalue weighted by atomic mass is 9.94. The SMILES string of the molecule is CC(=O)C(O)[C@H]1OC(Oc2c(-c3ccc(O)c(O)c3)oc3cc(O)cc(O)c3c2=O)[C@H](O)[C@@H](O)[C@H]1O. The second kappa shape index (κ2) is 9.29. The van der Waals surface area contributed by atoms with Gasteiger partial charge in [-0.3, -0.25) is 9.59 Å². The van der Waals surface area contributed by atoms with Crippen molar-refractivity contribution >= 4 is 16.8 Å². The standard InChI is InChI=1S/C23H22O13/c1-7(24)15(29)21-18(32)17(31)19(33)23(35-21)36-22-16(30)14-12(28)5-9(25)6-13(14)34-20(22)8-2-3-10(26)11(27)4-8/h2-6,15,17-19,21,23,25-29,31-33H,1H3/t15?,17-,18+,19+,21+,23?/m0/s1. The summed E-state index contributed by atoms with van der Waals surface area (Å²) < 4.78 is 16.5. The summed E-state index contributed by atoms with van der Waals surface area (Å²) in [6, 6.07) is 5.20. The van der Waals surface area contributed by atoms with Crippen LogP contribution in [0.15, 0.2) is 39.5 Å². The first-order valence-electron chi connectivity index (χ1n) is 10.5. The van der Waals surface area contributed by atoms with Crippen LogP contribution in [0.1, 0.15) is 6.92 Å². The highest BCUT2D eigenvalue weighted by molar-refractivity contribution is 5.88. The van der Waals surface area contributed by atoms with Crippen molar-refractivity contribution in [2.24, 2.45) is 0 Å². The second-order valence-corrected chi connectivity index (χ2v) is 8.25. The summed E-state index contributed by atoms with van der Waals surface area (Å²) in [5.74, 6) is -4.17. The number of phenolic OH excluding ortho intramolecular Hbond substituents is 4. The molecule has 0 bridgehead atoms. The predicted octanol–water partition coefficient (Wildman–Crippen LogP) is -0.581. The van der Waals surface area contributed by atoms with Gasteiger partial charge in [-0.2, -0.15) is 0 Å². The third-order valence-corrected chi connectivity index (χ3v) is 5.72. The maximum absolute atomic E-state index is 13.4. The maximum atomic E-state index is 13.4. The topological polar surface area (TPSA) is 228 Å². The molecule has 2 unspecified atom stereocenters. The lowest BCUT2D eigenvalue weighted by Crippen LogP contribution is -2.63. The number of hydrogen-bond acceptors (Lipinski definition) is 13. The predicted molar refractivity (Wildman–Crippen MR) is 119 cm³/mol. The van der Waals surface area contributed by atoms with Crippen molar-refractivity contribution in [2.75, 3.05) is 0 Å². The van der Waals surface area contributed by atoms with Crippen LogP contribution in [-0.2, 0) is 9.53 Å². The molecule has 1 aromatic heterocycles. The molecule has 192 valence electrons. The molecule has 8 N–H and O–H groups in total. The number of aliphatic hydroxyl groups excluding tert-OH is 4. The molecule has 1 aliphatic heterocycles. The smallest absolute Gasteiger partial charge is 0.239 e. The average molecular weight is 506 g/mol. The van der Waals surface area contributed by atoms with E-state index in [1.165, 1.54) is 6.07 Å². The third-order valence-electron chi connectivity index (χ3n) is 5.72. The fraction of sp³-hybridized carbons (Fsp3) is 0.304. The molecule has 6 atom stereocenters. The quantitative estimate of drug-likeness (QED) is 0.203. The summed E-state index contributed by atoms with van der Waals surface area (Å²) in [4.78, 5) is 25.0. The number of ether oxygens (including phenoxy) is 2. The van der Waals surface area contributed by atoms with Crippen molar-refractivity contribution in [3.8, 4) is 40.1 Å². The minimum atomic E-state index is -1.99. The van der Waals surface area contributed by atoms with E-state index < -0.39 is 87.9 Å². The fourth-order valence-electron chi connectivity index (χ4n) is 3.81. The molecule has 13 nitrogen and oxygen atoms in total. The normalized spacial score (nSPS) is 25.0. The van der Waals surface area contributed by atoms with E-state index in [9.17, 15) is 50.4 Å². The minimum Gasteiger partial charge on any atom is -0.508 e. The van der Waals surface area contributed by atoms with Crippen LogP contribution in [-0.4, -0.2) is 83.4 Å². The molecule has 2 aromatic carbocycles. The van der Waals surface area contributed by atoms with Crippen LogP contribution in [0, 0.1) is 0 Å². The highest BCUT2D eigenvalue weighted by Crippen LogP contribution is 2.39. The Morgan fingerprint density at radius 3 is 2.28 bits per heavy atom. The van der Waals surface area contributed by atoms with Crippen molar-refractivity contribution < 1.29 is 59.5 Å². The first-order valence-corrected chi connectivity index (χ1v) is 10.5. The van der Waals surface area contributed by atoms with Crippen LogP contribution in [0.2, 0.25) is 0 Å². The van der Waals surface area contributed by atoms with Gasteiger partial charge >= 0.3 is 0 Å². The molecular formula is C23H22O13. The summed E-state index contributed by atoms with van der Waals surface area (Å²) >= 11 is 0. The van der Waals surface area contributed by atoms with E-state index in [2.05, 4.69) is 0 Å². The zero-order valence-corrected chi connectivity index (χ0v) is 18.5. The summed E-state index contributed by atoms with van der Waals surface area (Å²) in [5, 5.41) is 80.1. The van der Waals surface area contributed by atoms with Crippen molar-refractivity contribution in [3.05, 3.63) is 40.6 Å². The van der Waals surface area contributed by atoms with E-state index in [-0.39, 0.29) is 11.1 Å². The molecule has 1 fully saturated rings. The van der Waals surface area contributed by atoms with E-state index in [1.807, 2.05) is 0 Å². The van der Waals surface area contributed by atoms with Crippen molar-refractivity contribution in [1.29, 1.82) is 0 Å². The number of phenols is 4. The van der Waals surface area contributed by atoms with Crippen molar-refractivity contribution in [3.63, 3.8) is 0 Å². The number of fused-ring (bicyclic) bond motifs is 1. The van der Waals surface area contributed by atoms with Crippen LogP contribution < -0.4 is 10.2 Å². The first-order chi connectivity index (χ1) is 16.9. The summed E-state index contributed by atoms with van der Waals surface area (Å²) in [5.41, 5.74) is -1.36. The Labute approximate surface area is 201 Å². The van der Waals surface area contributed by atoms with Gasteiger partial charge in [0.2, 0.25) is 17.5 Å². The molecule has 1 saturated heterocycles. The van der Waals surface area contributed by atoms with E-state index >= 15 is 0 Å². The molecule has 36 heavy (non-hydrogen) atoms. The number of benzene rings is 2. The number of hydrogen-bond donors (Lipinski definition) is 8. The molecule has 0 aliphatic carbocycles. The molecular weight excluding hydrogens is 484 g/mol. The van der Waals surface area contributed by atoms with Gasteiger partial charge in [0.15, 0.2) is 23.0 Å². The number of ketones is 1. The van der Waals surface area contributed by atoms with Gasteiger partial charge in [-0.15, -0.1) is 0 Å². The highest BCUT2D eigenvalue weighted by Gasteiger charge is 2.49. The Morgan fingerprint density at radius 2 is 1.64 bits per heavy atom. The molecule has 0 radical (unpaired) electrons. The molecule has 0 amide bonds. The van der Waals surface area contributed by atoms with Gasteiger partial charge in [0.05, 0.1) is 0 Å². The van der Waals surface area contributed by atoms with E-state index in [4.69, 9.17) is 13.9 Å². The van der Waals surface area contributed by atoms with Crippen LogP contribution in [0.4, 0.5) is 0 Å². The van der Waals surface area contributed by atoms with E-state index in [1.54, 1.807) is 0 Å². The lowest BCUT2D eigenvalue weighted by molar-refractivity contribution is -0.285. The zero-order valence-electron chi connectivity index (χ0n) is 18.5. The largest absolute Gasteiger partial charge is 0.508 e. The van der Waals surface area contributed by atoms with Crippen LogP contribution in [0.5, 0.6) is 28.7 Å². The Bertz CT molecular complexity index is 1380. The molecule has 1 aliphatic rings. The van der Waals surface area contributed by atoms with Gasteiger partial charge < -0.3 is 54.7 Å². The Balaban J connectivity index is 1.89. The molecule has 2 heterocycles. The number of carbonyl (C=O) groups excluding carboxylic acids is 1. The van der Waals surface area contributed by atoms with Crippen LogP contribution in [0.25, 0.3) is 22.3 Å². The molecule has 13 heteroatoms. The Hall–Kier alpha value is -3.88. The molecule has 3 aromatic rings. The van der Waals surface area contributed by atoms with Crippen LogP contribution >= 0.6 is 0 Å². The zero-order chi connectivity index (χ0) is 26.5. The Kier molecular flexibility index (Phi) is 6.51. The summed E-state index contributed by atoms with van der Waals surface area (Å²) in [6.07, 6.45) is -11.5. The van der Waals surface area contributed by atoms with Gasteiger partial charge in [-0.1, -0.05) is 0 Å². The molecule has 0 spiro atoms. The van der Waals surface area contributed by atoms with E-state index in [0.29, 0.717) is 0 Å².